The zero-order valence-electron chi connectivity index (χ0n) is 25.6. The van der Waals surface area contributed by atoms with Crippen molar-refractivity contribution in [2.45, 2.75) is 83.7 Å². The predicted molar refractivity (Wildman–Crippen MR) is 156 cm³/mol. The molecule has 4 unspecified atom stereocenters. The first-order valence-corrected chi connectivity index (χ1v) is 14.7. The van der Waals surface area contributed by atoms with Crippen LogP contribution in [0.3, 0.4) is 0 Å². The van der Waals surface area contributed by atoms with Gasteiger partial charge in [0.1, 0.15) is 11.9 Å². The molecular formula is C31H42F3N5O4. The summed E-state index contributed by atoms with van der Waals surface area (Å²) in [5.74, 6) is -1.62. The van der Waals surface area contributed by atoms with Crippen LogP contribution in [0.5, 0.6) is 5.88 Å². The number of aromatic nitrogens is 2. The molecule has 2 N–H and O–H groups in total. The molecule has 1 amide bonds. The number of methoxy groups -OCH3 is 1. The Labute approximate surface area is 250 Å². The molecule has 12 heteroatoms. The Hall–Kier alpha value is -3.41. The quantitative estimate of drug-likeness (QED) is 0.417. The lowest BCUT2D eigenvalue weighted by Crippen LogP contribution is -2.49. The minimum absolute atomic E-state index is 0.0302. The van der Waals surface area contributed by atoms with Gasteiger partial charge in [-0.3, -0.25) is 4.79 Å². The molecule has 0 spiro atoms. The van der Waals surface area contributed by atoms with E-state index >= 15 is 0 Å². The number of pyridine rings is 2. The lowest BCUT2D eigenvalue weighted by molar-refractivity contribution is -0.154. The van der Waals surface area contributed by atoms with Crippen LogP contribution in [-0.2, 0) is 22.3 Å². The Balaban J connectivity index is 1.89. The predicted octanol–water partition coefficient (Wildman–Crippen LogP) is 5.31. The Morgan fingerprint density at radius 3 is 2.37 bits per heavy atom. The molecule has 3 heterocycles. The van der Waals surface area contributed by atoms with Crippen LogP contribution in [-0.4, -0.2) is 65.1 Å². The van der Waals surface area contributed by atoms with E-state index in [-0.39, 0.29) is 29.8 Å². The van der Waals surface area contributed by atoms with E-state index in [1.165, 1.54) is 12.0 Å². The van der Waals surface area contributed by atoms with Crippen molar-refractivity contribution in [3.63, 3.8) is 0 Å². The molecule has 1 aliphatic carbocycles. The molecule has 0 aromatic carbocycles. The number of nitrogens with one attached hydrogen (secondary N) is 1. The molecular weight excluding hydrogens is 563 g/mol. The van der Waals surface area contributed by atoms with Crippen LogP contribution in [0, 0.1) is 17.3 Å². The first kappa shape index (κ1) is 32.5. The number of ether oxygens (including phenoxy) is 1. The Morgan fingerprint density at radius 2 is 1.81 bits per heavy atom. The number of carboxylic acid groups (broad SMARTS) is 1. The minimum atomic E-state index is -4.61. The number of alkyl halides is 3. The Morgan fingerprint density at radius 1 is 1.14 bits per heavy atom. The van der Waals surface area contributed by atoms with E-state index in [4.69, 9.17) is 4.74 Å². The van der Waals surface area contributed by atoms with Crippen molar-refractivity contribution in [2.75, 3.05) is 26.1 Å². The van der Waals surface area contributed by atoms with E-state index in [9.17, 15) is 27.9 Å². The van der Waals surface area contributed by atoms with E-state index in [1.807, 2.05) is 45.8 Å². The molecule has 0 bridgehead atoms. The number of likely N-dealkylation sites (tertiary alicyclic amines) is 1. The summed E-state index contributed by atoms with van der Waals surface area (Å²) in [6, 6.07) is 2.01. The number of hydrogen-bond donors (Lipinski definition) is 2. The first-order valence-electron chi connectivity index (χ1n) is 14.7. The molecule has 4 rings (SSSR count). The number of nitrogens with zero attached hydrogens (tertiary/aromatic N) is 4. The number of halogens is 3. The van der Waals surface area contributed by atoms with Gasteiger partial charge < -0.3 is 25.0 Å². The topological polar surface area (TPSA) is 108 Å². The summed E-state index contributed by atoms with van der Waals surface area (Å²) < 4.78 is 46.1. The molecule has 0 radical (unpaired) electrons. The summed E-state index contributed by atoms with van der Waals surface area (Å²) in [5.41, 5.74) is -0.690. The summed E-state index contributed by atoms with van der Waals surface area (Å²) in [5, 5.41) is 14.1. The molecule has 1 saturated heterocycles. The molecule has 1 aliphatic heterocycles. The number of carbonyl (C=O) groups excluding carboxylic acids is 1. The lowest BCUT2D eigenvalue weighted by Gasteiger charge is -2.36. The van der Waals surface area contributed by atoms with Gasteiger partial charge in [0.2, 0.25) is 11.8 Å². The fourth-order valence-corrected chi connectivity index (χ4v) is 6.82. The Bertz CT molecular complexity index is 1310. The standard InChI is InChI=1S/C31H42F3N5O4/c1-30(2,3)22-23(36-16-19-15-20(31(32,33)34)17-37-27(19)43-6)24(21-13-10-14-35-26(21)38(4)5)39(25(22)29(41)42)28(40)18-11-8-7-9-12-18/h10,13-15,17-18,22-25,36H,7-9,11-12,16H2,1-6H3,(H,41,42). The van der Waals surface area contributed by atoms with Crippen molar-refractivity contribution in [3.8, 4) is 5.88 Å². The third kappa shape index (κ3) is 6.73. The van der Waals surface area contributed by atoms with Gasteiger partial charge >= 0.3 is 12.1 Å². The largest absolute Gasteiger partial charge is 0.481 e. The summed E-state index contributed by atoms with van der Waals surface area (Å²) in [7, 11) is 4.98. The highest BCUT2D eigenvalue weighted by Gasteiger charge is 2.59. The third-order valence-corrected chi connectivity index (χ3v) is 8.66. The fourth-order valence-electron chi connectivity index (χ4n) is 6.82. The van der Waals surface area contributed by atoms with Gasteiger partial charge in [0.05, 0.1) is 18.7 Å². The highest BCUT2D eigenvalue weighted by molar-refractivity contribution is 5.87. The summed E-state index contributed by atoms with van der Waals surface area (Å²) in [6.45, 7) is 5.69. The molecule has 9 nitrogen and oxygen atoms in total. The third-order valence-electron chi connectivity index (χ3n) is 8.66. The van der Waals surface area contributed by atoms with Gasteiger partial charge in [0.25, 0.3) is 0 Å². The van der Waals surface area contributed by atoms with Crippen LogP contribution >= 0.6 is 0 Å². The van der Waals surface area contributed by atoms with Crippen LogP contribution in [0.2, 0.25) is 0 Å². The van der Waals surface area contributed by atoms with E-state index in [0.29, 0.717) is 24.2 Å². The second-order valence-electron chi connectivity index (χ2n) is 12.8. The molecule has 4 atom stereocenters. The van der Waals surface area contributed by atoms with Crippen molar-refractivity contribution in [1.82, 2.24) is 20.2 Å². The summed E-state index contributed by atoms with van der Waals surface area (Å²) in [4.78, 5) is 39.3. The maximum Gasteiger partial charge on any atom is 0.417 e. The number of aliphatic carboxylic acids is 1. The number of carboxylic acids is 1. The van der Waals surface area contributed by atoms with Gasteiger partial charge in [-0.25, -0.2) is 14.8 Å². The molecule has 43 heavy (non-hydrogen) atoms. The second kappa shape index (κ2) is 12.7. The Kier molecular flexibility index (Phi) is 9.58. The average molecular weight is 606 g/mol. The second-order valence-corrected chi connectivity index (χ2v) is 12.8. The smallest absolute Gasteiger partial charge is 0.417 e. The molecule has 2 aromatic rings. The van der Waals surface area contributed by atoms with Gasteiger partial charge in [-0.1, -0.05) is 46.1 Å². The number of carbonyl (C=O) groups is 2. The van der Waals surface area contributed by atoms with Gasteiger partial charge in [-0.05, 0) is 30.4 Å². The van der Waals surface area contributed by atoms with Crippen molar-refractivity contribution in [1.29, 1.82) is 0 Å². The van der Waals surface area contributed by atoms with Crippen LogP contribution in [0.15, 0.2) is 30.6 Å². The molecule has 1 saturated carbocycles. The normalized spacial score (nSPS) is 23.3. The molecule has 2 aromatic heterocycles. The lowest BCUT2D eigenvalue weighted by atomic mass is 9.72. The number of rotatable bonds is 8. The number of hydrogen-bond acceptors (Lipinski definition) is 7. The van der Waals surface area contributed by atoms with Gasteiger partial charge in [-0.15, -0.1) is 0 Å². The van der Waals surface area contributed by atoms with Crippen molar-refractivity contribution >= 4 is 17.7 Å². The number of anilines is 1. The van der Waals surface area contributed by atoms with Crippen molar-refractivity contribution < 1.29 is 32.6 Å². The van der Waals surface area contributed by atoms with E-state index < -0.39 is 47.2 Å². The maximum absolute atomic E-state index is 14.4. The summed E-state index contributed by atoms with van der Waals surface area (Å²) >= 11 is 0. The van der Waals surface area contributed by atoms with Crippen molar-refractivity contribution in [2.24, 2.45) is 17.3 Å². The van der Waals surface area contributed by atoms with Gasteiger partial charge in [0, 0.05) is 62.0 Å². The summed E-state index contributed by atoms with van der Waals surface area (Å²) in [6.07, 6.45) is 1.96. The zero-order valence-corrected chi connectivity index (χ0v) is 25.6. The van der Waals surface area contributed by atoms with Crippen molar-refractivity contribution in [3.05, 3.63) is 47.3 Å². The molecule has 236 valence electrons. The van der Waals surface area contributed by atoms with E-state index in [2.05, 4.69) is 15.3 Å². The van der Waals surface area contributed by atoms with Crippen LogP contribution in [0.1, 0.15) is 75.6 Å². The monoisotopic (exact) mass is 605 g/mol. The van der Waals surface area contributed by atoms with Crippen LogP contribution < -0.4 is 15.0 Å². The van der Waals surface area contributed by atoms with Gasteiger partial charge in [-0.2, -0.15) is 13.2 Å². The SMILES string of the molecule is COc1ncc(C(F)(F)F)cc1CNC1C(c2cccnc2N(C)C)N(C(=O)C2CCCCC2)C(C(=O)O)C1C(C)(C)C. The van der Waals surface area contributed by atoms with Crippen LogP contribution in [0.4, 0.5) is 19.0 Å². The highest BCUT2D eigenvalue weighted by Crippen LogP contribution is 2.50. The number of amides is 1. The minimum Gasteiger partial charge on any atom is -0.481 e. The van der Waals surface area contributed by atoms with Crippen LogP contribution in [0.25, 0.3) is 0 Å². The average Bonchev–Trinajstić information content (AvgIpc) is 3.31. The molecule has 2 aliphatic rings. The zero-order chi connectivity index (χ0) is 31.7. The van der Waals surface area contributed by atoms with E-state index in [0.717, 1.165) is 31.5 Å². The fraction of sp³-hybridized carbons (Fsp3) is 0.613. The maximum atomic E-state index is 14.4. The van der Waals surface area contributed by atoms with Gasteiger partial charge in [0.15, 0.2) is 0 Å². The highest BCUT2D eigenvalue weighted by atomic mass is 19.4. The first-order chi connectivity index (χ1) is 20.2. The molecule has 2 fully saturated rings. The van der Waals surface area contributed by atoms with E-state index in [1.54, 1.807) is 12.3 Å².